The average Bonchev–Trinajstić information content (AvgIpc) is 3.03. The minimum absolute atomic E-state index is 0.0903. The Bertz CT molecular complexity index is 883. The van der Waals surface area contributed by atoms with Crippen LogP contribution in [-0.2, 0) is 11.3 Å². The van der Waals surface area contributed by atoms with Crippen LogP contribution in [0, 0.1) is 6.92 Å². The number of rotatable bonds is 5. The molecule has 1 amide bonds. The molecule has 0 aliphatic rings. The van der Waals surface area contributed by atoms with Crippen LogP contribution in [0.1, 0.15) is 10.4 Å². The van der Waals surface area contributed by atoms with E-state index in [1.54, 1.807) is 23.5 Å². The number of carbonyl (C=O) groups excluding carboxylic acids is 1. The van der Waals surface area contributed by atoms with Gasteiger partial charge in [0.15, 0.2) is 6.61 Å². The van der Waals surface area contributed by atoms with E-state index >= 15 is 0 Å². The van der Waals surface area contributed by atoms with Gasteiger partial charge in [-0.3, -0.25) is 4.79 Å². The lowest BCUT2D eigenvalue weighted by Gasteiger charge is -2.08. The highest BCUT2D eigenvalue weighted by Crippen LogP contribution is 2.22. The molecule has 2 aromatic heterocycles. The molecule has 2 heterocycles. The zero-order valence-corrected chi connectivity index (χ0v) is 13.3. The highest BCUT2D eigenvalue weighted by atomic mass is 32.1. The van der Waals surface area contributed by atoms with Crippen LogP contribution in [-0.4, -0.2) is 12.5 Å². The van der Waals surface area contributed by atoms with Crippen molar-refractivity contribution in [2.24, 2.45) is 0 Å². The summed E-state index contributed by atoms with van der Waals surface area (Å²) in [5.74, 6) is 0.279. The first-order valence-electron chi connectivity index (χ1n) is 7.08. The molecule has 0 bridgehead atoms. The lowest BCUT2D eigenvalue weighted by molar-refractivity contribution is -0.123. The van der Waals surface area contributed by atoms with E-state index in [0.717, 1.165) is 15.8 Å². The number of amides is 1. The Labute approximate surface area is 136 Å². The standard InChI is InChI=1S/C17H15NO4S/c1-11-7-17(20)22-15-8-12(4-5-14(11)15)21-10-16(19)18-9-13-3-2-6-23-13/h2-8H,9-10H2,1H3,(H,18,19). The maximum Gasteiger partial charge on any atom is 0.336 e. The first kappa shape index (κ1) is 15.3. The average molecular weight is 329 g/mol. The second-order valence-electron chi connectivity index (χ2n) is 5.05. The van der Waals surface area contributed by atoms with Crippen LogP contribution >= 0.6 is 11.3 Å². The molecule has 0 atom stereocenters. The minimum Gasteiger partial charge on any atom is -0.484 e. The number of aryl methyl sites for hydroxylation is 1. The molecule has 5 nitrogen and oxygen atoms in total. The summed E-state index contributed by atoms with van der Waals surface area (Å²) < 4.78 is 10.6. The van der Waals surface area contributed by atoms with E-state index in [9.17, 15) is 9.59 Å². The molecular formula is C17H15NO4S. The summed E-state index contributed by atoms with van der Waals surface area (Å²) in [5, 5.41) is 5.59. The van der Waals surface area contributed by atoms with Gasteiger partial charge in [-0.25, -0.2) is 4.79 Å². The minimum atomic E-state index is -0.402. The molecule has 0 aliphatic heterocycles. The molecular weight excluding hydrogens is 314 g/mol. The second kappa shape index (κ2) is 6.66. The summed E-state index contributed by atoms with van der Waals surface area (Å²) >= 11 is 1.59. The van der Waals surface area contributed by atoms with Crippen molar-refractivity contribution in [3.05, 3.63) is 62.6 Å². The molecule has 0 unspecified atom stereocenters. The maximum absolute atomic E-state index is 11.8. The quantitative estimate of drug-likeness (QED) is 0.731. The van der Waals surface area contributed by atoms with Gasteiger partial charge in [-0.1, -0.05) is 6.07 Å². The molecule has 118 valence electrons. The summed E-state index contributed by atoms with van der Waals surface area (Å²) in [6.45, 7) is 2.25. The first-order chi connectivity index (χ1) is 11.1. The number of fused-ring (bicyclic) bond motifs is 1. The predicted octanol–water partition coefficient (Wildman–Crippen LogP) is 2.86. The number of thiophene rings is 1. The van der Waals surface area contributed by atoms with E-state index in [2.05, 4.69) is 5.32 Å². The Morgan fingerprint density at radius 2 is 2.17 bits per heavy atom. The SMILES string of the molecule is Cc1cc(=O)oc2cc(OCC(=O)NCc3cccs3)ccc12. The molecule has 0 saturated heterocycles. The van der Waals surface area contributed by atoms with E-state index in [1.165, 1.54) is 6.07 Å². The van der Waals surface area contributed by atoms with Gasteiger partial charge in [-0.15, -0.1) is 11.3 Å². The van der Waals surface area contributed by atoms with Gasteiger partial charge in [0.1, 0.15) is 11.3 Å². The maximum atomic E-state index is 11.8. The Hall–Kier alpha value is -2.60. The van der Waals surface area contributed by atoms with Gasteiger partial charge in [-0.2, -0.15) is 0 Å². The number of hydrogen-bond donors (Lipinski definition) is 1. The normalized spacial score (nSPS) is 10.7. The number of ether oxygens (including phenoxy) is 1. The van der Waals surface area contributed by atoms with Gasteiger partial charge in [0.25, 0.3) is 5.91 Å². The highest BCUT2D eigenvalue weighted by Gasteiger charge is 2.06. The molecule has 0 fully saturated rings. The second-order valence-corrected chi connectivity index (χ2v) is 6.08. The van der Waals surface area contributed by atoms with Crippen LogP contribution in [0.2, 0.25) is 0 Å². The van der Waals surface area contributed by atoms with Gasteiger partial charge in [-0.05, 0) is 36.1 Å². The van der Waals surface area contributed by atoms with Gasteiger partial charge in [0.05, 0.1) is 6.54 Å². The van der Waals surface area contributed by atoms with Crippen LogP contribution in [0.5, 0.6) is 5.75 Å². The summed E-state index contributed by atoms with van der Waals surface area (Å²) in [4.78, 5) is 24.3. The zero-order valence-electron chi connectivity index (χ0n) is 12.5. The topological polar surface area (TPSA) is 68.5 Å². The van der Waals surface area contributed by atoms with Crippen molar-refractivity contribution in [3.63, 3.8) is 0 Å². The fraction of sp³-hybridized carbons (Fsp3) is 0.176. The van der Waals surface area contributed by atoms with Crippen molar-refractivity contribution in [2.45, 2.75) is 13.5 Å². The summed E-state index contributed by atoms with van der Waals surface area (Å²) in [5.41, 5.74) is 0.892. The van der Waals surface area contributed by atoms with Gasteiger partial charge in [0, 0.05) is 22.4 Å². The van der Waals surface area contributed by atoms with Crippen molar-refractivity contribution in [3.8, 4) is 5.75 Å². The van der Waals surface area contributed by atoms with Crippen molar-refractivity contribution < 1.29 is 13.9 Å². The van der Waals surface area contributed by atoms with Crippen LogP contribution < -0.4 is 15.7 Å². The van der Waals surface area contributed by atoms with Crippen LogP contribution in [0.15, 0.2) is 51.0 Å². The third-order valence-electron chi connectivity index (χ3n) is 3.33. The third kappa shape index (κ3) is 3.78. The first-order valence-corrected chi connectivity index (χ1v) is 7.96. The van der Waals surface area contributed by atoms with Crippen molar-refractivity contribution in [1.82, 2.24) is 5.32 Å². The van der Waals surface area contributed by atoms with Crippen molar-refractivity contribution in [2.75, 3.05) is 6.61 Å². The summed E-state index contributed by atoms with van der Waals surface area (Å²) in [6, 6.07) is 10.5. The molecule has 6 heteroatoms. The number of nitrogens with one attached hydrogen (secondary N) is 1. The molecule has 3 aromatic rings. The Balaban J connectivity index is 1.62. The molecule has 0 radical (unpaired) electrons. The molecule has 0 saturated carbocycles. The number of hydrogen-bond acceptors (Lipinski definition) is 5. The van der Waals surface area contributed by atoms with E-state index in [0.29, 0.717) is 17.9 Å². The Morgan fingerprint density at radius 3 is 2.96 bits per heavy atom. The van der Waals surface area contributed by atoms with E-state index < -0.39 is 5.63 Å². The lowest BCUT2D eigenvalue weighted by atomic mass is 10.1. The lowest BCUT2D eigenvalue weighted by Crippen LogP contribution is -2.28. The molecule has 1 N–H and O–H groups in total. The third-order valence-corrected chi connectivity index (χ3v) is 4.21. The highest BCUT2D eigenvalue weighted by molar-refractivity contribution is 7.09. The van der Waals surface area contributed by atoms with E-state index in [4.69, 9.17) is 9.15 Å². The van der Waals surface area contributed by atoms with Crippen LogP contribution in [0.3, 0.4) is 0 Å². The molecule has 23 heavy (non-hydrogen) atoms. The van der Waals surface area contributed by atoms with Crippen molar-refractivity contribution >= 4 is 28.2 Å². The fourth-order valence-electron chi connectivity index (χ4n) is 2.19. The van der Waals surface area contributed by atoms with Crippen molar-refractivity contribution in [1.29, 1.82) is 0 Å². The van der Waals surface area contributed by atoms with Gasteiger partial charge < -0.3 is 14.5 Å². The monoisotopic (exact) mass is 329 g/mol. The van der Waals surface area contributed by atoms with Gasteiger partial charge in [0.2, 0.25) is 0 Å². The van der Waals surface area contributed by atoms with E-state index in [-0.39, 0.29) is 12.5 Å². The summed E-state index contributed by atoms with van der Waals surface area (Å²) in [6.07, 6.45) is 0. The molecule has 0 aliphatic carbocycles. The van der Waals surface area contributed by atoms with Gasteiger partial charge >= 0.3 is 5.63 Å². The molecule has 1 aromatic carbocycles. The number of carbonyl (C=O) groups is 1. The molecule has 3 rings (SSSR count). The predicted molar refractivity (Wildman–Crippen MR) is 88.9 cm³/mol. The fourth-order valence-corrected chi connectivity index (χ4v) is 2.84. The Kier molecular flexibility index (Phi) is 4.43. The van der Waals surface area contributed by atoms with Crippen LogP contribution in [0.25, 0.3) is 11.0 Å². The van der Waals surface area contributed by atoms with Crippen LogP contribution in [0.4, 0.5) is 0 Å². The molecule has 0 spiro atoms. The number of benzene rings is 1. The zero-order chi connectivity index (χ0) is 16.2. The summed E-state index contributed by atoms with van der Waals surface area (Å²) in [7, 11) is 0. The smallest absolute Gasteiger partial charge is 0.336 e. The largest absolute Gasteiger partial charge is 0.484 e. The van der Waals surface area contributed by atoms with E-state index in [1.807, 2.05) is 30.5 Å². The Morgan fingerprint density at radius 1 is 1.30 bits per heavy atom.